The molecule has 0 aliphatic heterocycles. The lowest BCUT2D eigenvalue weighted by atomic mass is 10.1. The minimum atomic E-state index is -0.672. The van der Waals surface area contributed by atoms with Crippen molar-refractivity contribution in [1.82, 2.24) is 10.2 Å². The van der Waals surface area contributed by atoms with Gasteiger partial charge in [-0.15, -0.1) is 0 Å². The highest BCUT2D eigenvalue weighted by Gasteiger charge is 2.18. The van der Waals surface area contributed by atoms with Crippen molar-refractivity contribution in [2.75, 3.05) is 12.4 Å². The van der Waals surface area contributed by atoms with Gasteiger partial charge in [-0.2, -0.15) is 0 Å². The number of amides is 4. The number of hydrogen-bond donors (Lipinski definition) is 3. The third-order valence-electron chi connectivity index (χ3n) is 4.43. The normalized spacial score (nSPS) is 10.3. The lowest BCUT2D eigenvalue weighted by Gasteiger charge is -2.22. The molecule has 4 N–H and O–H groups in total. The minimum Gasteiger partial charge on any atom is -0.467 e. The second-order valence-electron chi connectivity index (χ2n) is 6.58. The molecule has 0 unspecified atom stereocenters. The number of hydrogen-bond acceptors (Lipinski definition) is 4. The molecular weight excluding hydrogens is 384 g/mol. The molecule has 154 valence electrons. The van der Waals surface area contributed by atoms with Crippen LogP contribution in [0.3, 0.4) is 0 Å². The van der Waals surface area contributed by atoms with Gasteiger partial charge in [0.15, 0.2) is 0 Å². The van der Waals surface area contributed by atoms with E-state index in [2.05, 4.69) is 10.6 Å². The van der Waals surface area contributed by atoms with E-state index in [0.717, 1.165) is 5.56 Å². The Labute approximate surface area is 173 Å². The summed E-state index contributed by atoms with van der Waals surface area (Å²) in [5.41, 5.74) is 7.48. The number of anilines is 1. The molecule has 0 atom stereocenters. The molecule has 3 aromatic rings. The molecule has 0 bridgehead atoms. The Kier molecular flexibility index (Phi) is 6.49. The standard InChI is InChI=1S/C22H22N4O4/c1-24-20(27)16-6-4-15(5-7-16)13-26(14-19-3-2-12-30-19)21(28)17-8-10-18(11-9-17)25-22(23)29/h2-12H,13-14H2,1H3,(H,24,27)(H3,23,25,29). The molecular formula is C22H22N4O4. The van der Waals surface area contributed by atoms with E-state index in [1.807, 2.05) is 12.1 Å². The molecule has 1 aromatic heterocycles. The van der Waals surface area contributed by atoms with E-state index >= 15 is 0 Å². The predicted molar refractivity (Wildman–Crippen MR) is 112 cm³/mol. The van der Waals surface area contributed by atoms with Crippen molar-refractivity contribution in [3.63, 3.8) is 0 Å². The van der Waals surface area contributed by atoms with E-state index in [4.69, 9.17) is 10.2 Å². The molecule has 4 amide bonds. The summed E-state index contributed by atoms with van der Waals surface area (Å²) in [5, 5.41) is 5.04. The number of carbonyl (C=O) groups excluding carboxylic acids is 3. The van der Waals surface area contributed by atoms with Gasteiger partial charge in [0.2, 0.25) is 0 Å². The molecule has 0 aliphatic rings. The van der Waals surface area contributed by atoms with Gasteiger partial charge in [0.25, 0.3) is 11.8 Å². The van der Waals surface area contributed by atoms with E-state index in [9.17, 15) is 14.4 Å². The summed E-state index contributed by atoms with van der Waals surface area (Å²) in [4.78, 5) is 37.5. The zero-order valence-corrected chi connectivity index (χ0v) is 16.4. The largest absolute Gasteiger partial charge is 0.467 e. The van der Waals surface area contributed by atoms with E-state index in [0.29, 0.717) is 29.1 Å². The average molecular weight is 406 g/mol. The summed E-state index contributed by atoms with van der Waals surface area (Å²) in [6, 6.07) is 16.4. The second kappa shape index (κ2) is 9.42. The lowest BCUT2D eigenvalue weighted by molar-refractivity contribution is 0.0717. The van der Waals surface area contributed by atoms with E-state index in [-0.39, 0.29) is 18.4 Å². The Morgan fingerprint density at radius 1 is 0.933 bits per heavy atom. The molecule has 0 aliphatic carbocycles. The zero-order chi connectivity index (χ0) is 21.5. The maximum atomic E-state index is 13.1. The summed E-state index contributed by atoms with van der Waals surface area (Å²) in [5.74, 6) is 0.277. The van der Waals surface area contributed by atoms with Crippen molar-refractivity contribution >= 4 is 23.5 Å². The Balaban J connectivity index is 1.80. The summed E-state index contributed by atoms with van der Waals surface area (Å²) >= 11 is 0. The number of carbonyl (C=O) groups is 3. The fraction of sp³-hybridized carbons (Fsp3) is 0.136. The highest BCUT2D eigenvalue weighted by molar-refractivity contribution is 5.95. The van der Waals surface area contributed by atoms with E-state index < -0.39 is 6.03 Å². The Bertz CT molecular complexity index is 1010. The van der Waals surface area contributed by atoms with Crippen LogP contribution in [0.15, 0.2) is 71.3 Å². The number of primary amides is 1. The van der Waals surface area contributed by atoms with Gasteiger partial charge in [-0.25, -0.2) is 4.79 Å². The lowest BCUT2D eigenvalue weighted by Crippen LogP contribution is -2.30. The Hall–Kier alpha value is -4.07. The highest BCUT2D eigenvalue weighted by Crippen LogP contribution is 2.17. The first-order valence-electron chi connectivity index (χ1n) is 9.25. The Morgan fingerprint density at radius 2 is 1.60 bits per heavy atom. The first-order valence-corrected chi connectivity index (χ1v) is 9.25. The van der Waals surface area contributed by atoms with E-state index in [1.54, 1.807) is 66.7 Å². The van der Waals surface area contributed by atoms with Crippen LogP contribution in [0.1, 0.15) is 32.0 Å². The summed E-state index contributed by atoms with van der Waals surface area (Å²) in [7, 11) is 1.57. The summed E-state index contributed by atoms with van der Waals surface area (Å²) in [6.45, 7) is 0.610. The third kappa shape index (κ3) is 5.26. The first kappa shape index (κ1) is 20.7. The fourth-order valence-corrected chi connectivity index (χ4v) is 2.94. The van der Waals surface area contributed by atoms with Crippen LogP contribution in [0.5, 0.6) is 0 Å². The molecule has 8 nitrogen and oxygen atoms in total. The second-order valence-corrected chi connectivity index (χ2v) is 6.58. The summed E-state index contributed by atoms with van der Waals surface area (Å²) in [6.07, 6.45) is 1.56. The number of nitrogens with two attached hydrogens (primary N) is 1. The van der Waals surface area contributed by atoms with Gasteiger partial charge in [0, 0.05) is 30.4 Å². The molecule has 0 saturated heterocycles. The van der Waals surface area contributed by atoms with Gasteiger partial charge in [-0.05, 0) is 54.1 Å². The maximum Gasteiger partial charge on any atom is 0.316 e. The fourth-order valence-electron chi connectivity index (χ4n) is 2.94. The van der Waals surface area contributed by atoms with Gasteiger partial charge in [-0.3, -0.25) is 9.59 Å². The van der Waals surface area contributed by atoms with Crippen LogP contribution in [0.2, 0.25) is 0 Å². The number of urea groups is 1. The average Bonchev–Trinajstić information content (AvgIpc) is 3.26. The first-order chi connectivity index (χ1) is 14.5. The van der Waals surface area contributed by atoms with Crippen molar-refractivity contribution in [2.24, 2.45) is 5.73 Å². The van der Waals surface area contributed by atoms with Gasteiger partial charge < -0.3 is 25.7 Å². The molecule has 0 fully saturated rings. The number of furan rings is 1. The molecule has 2 aromatic carbocycles. The third-order valence-corrected chi connectivity index (χ3v) is 4.43. The van der Waals surface area contributed by atoms with E-state index in [1.165, 1.54) is 0 Å². The molecule has 0 radical (unpaired) electrons. The molecule has 3 rings (SSSR count). The van der Waals surface area contributed by atoms with Crippen molar-refractivity contribution in [3.8, 4) is 0 Å². The van der Waals surface area contributed by atoms with Crippen LogP contribution in [-0.4, -0.2) is 29.8 Å². The highest BCUT2D eigenvalue weighted by atomic mass is 16.3. The van der Waals surface area contributed by atoms with Crippen LogP contribution >= 0.6 is 0 Å². The van der Waals surface area contributed by atoms with Crippen LogP contribution in [0, 0.1) is 0 Å². The number of benzene rings is 2. The van der Waals surface area contributed by atoms with Crippen LogP contribution in [0.4, 0.5) is 10.5 Å². The van der Waals surface area contributed by atoms with Crippen LogP contribution in [0.25, 0.3) is 0 Å². The van der Waals surface area contributed by atoms with Crippen molar-refractivity contribution in [2.45, 2.75) is 13.1 Å². The van der Waals surface area contributed by atoms with Gasteiger partial charge in [0.05, 0.1) is 12.8 Å². The zero-order valence-electron chi connectivity index (χ0n) is 16.4. The Morgan fingerprint density at radius 3 is 2.17 bits per heavy atom. The molecule has 1 heterocycles. The van der Waals surface area contributed by atoms with Gasteiger partial charge in [0.1, 0.15) is 5.76 Å². The quantitative estimate of drug-likeness (QED) is 0.559. The topological polar surface area (TPSA) is 118 Å². The molecule has 0 spiro atoms. The maximum absolute atomic E-state index is 13.1. The number of nitrogens with one attached hydrogen (secondary N) is 2. The monoisotopic (exact) mass is 406 g/mol. The predicted octanol–water partition coefficient (Wildman–Crippen LogP) is 2.97. The smallest absolute Gasteiger partial charge is 0.316 e. The van der Waals surface area contributed by atoms with Crippen LogP contribution in [-0.2, 0) is 13.1 Å². The summed E-state index contributed by atoms with van der Waals surface area (Å²) < 4.78 is 5.41. The van der Waals surface area contributed by atoms with Crippen molar-refractivity contribution in [1.29, 1.82) is 0 Å². The van der Waals surface area contributed by atoms with Crippen molar-refractivity contribution < 1.29 is 18.8 Å². The molecule has 8 heteroatoms. The SMILES string of the molecule is CNC(=O)c1ccc(CN(Cc2ccco2)C(=O)c2ccc(NC(N)=O)cc2)cc1. The molecule has 0 saturated carbocycles. The van der Waals surface area contributed by atoms with Crippen LogP contribution < -0.4 is 16.4 Å². The molecule has 30 heavy (non-hydrogen) atoms. The van der Waals surface area contributed by atoms with Gasteiger partial charge >= 0.3 is 6.03 Å². The minimum absolute atomic E-state index is 0.172. The number of rotatable bonds is 7. The van der Waals surface area contributed by atoms with Crippen molar-refractivity contribution in [3.05, 3.63) is 89.4 Å². The number of nitrogens with zero attached hydrogens (tertiary/aromatic N) is 1. The van der Waals surface area contributed by atoms with Gasteiger partial charge in [-0.1, -0.05) is 12.1 Å².